The van der Waals surface area contributed by atoms with Crippen LogP contribution in [0, 0.1) is 11.6 Å². The molecule has 0 aliphatic heterocycles. The van der Waals surface area contributed by atoms with Crippen molar-refractivity contribution >= 4 is 34.4 Å². The highest BCUT2D eigenvalue weighted by Gasteiger charge is 2.18. The van der Waals surface area contributed by atoms with Gasteiger partial charge in [0, 0.05) is 18.4 Å². The molecule has 1 heterocycles. The molecule has 2 nitrogen and oxygen atoms in total. The quantitative estimate of drug-likeness (QED) is 0.793. The van der Waals surface area contributed by atoms with Gasteiger partial charge in [0.25, 0.3) is 0 Å². The van der Waals surface area contributed by atoms with Gasteiger partial charge in [-0.05, 0) is 19.2 Å². The molecule has 0 saturated heterocycles. The predicted octanol–water partition coefficient (Wildman–Crippen LogP) is 3.98. The smallest absolute Gasteiger partial charge is 0.153 e. The van der Waals surface area contributed by atoms with Crippen LogP contribution in [0.4, 0.5) is 8.78 Å². The van der Waals surface area contributed by atoms with E-state index in [9.17, 15) is 8.78 Å². The van der Waals surface area contributed by atoms with Crippen molar-refractivity contribution in [3.05, 3.63) is 29.6 Å². The normalized spacial score (nSPS) is 13.2. The van der Waals surface area contributed by atoms with Crippen molar-refractivity contribution in [1.82, 2.24) is 9.55 Å². The molecule has 0 radical (unpaired) electrons. The third-order valence-corrected chi connectivity index (χ3v) is 3.46. The van der Waals surface area contributed by atoms with Gasteiger partial charge in [-0.2, -0.15) is 11.8 Å². The first-order valence-corrected chi connectivity index (χ1v) is 7.35. The maximum Gasteiger partial charge on any atom is 0.153 e. The van der Waals surface area contributed by atoms with Gasteiger partial charge in [-0.15, -0.1) is 11.6 Å². The van der Waals surface area contributed by atoms with E-state index >= 15 is 0 Å². The summed E-state index contributed by atoms with van der Waals surface area (Å²) in [5, 5.41) is -0.346. The van der Waals surface area contributed by atoms with Crippen molar-refractivity contribution in [3.8, 4) is 0 Å². The lowest BCUT2D eigenvalue weighted by molar-refractivity contribution is 0.590. The first-order chi connectivity index (χ1) is 8.54. The third kappa shape index (κ3) is 2.47. The van der Waals surface area contributed by atoms with E-state index in [-0.39, 0.29) is 10.9 Å². The highest BCUT2D eigenvalue weighted by molar-refractivity contribution is 7.98. The number of nitrogens with zero attached hydrogens (tertiary/aromatic N) is 2. The zero-order valence-corrected chi connectivity index (χ0v) is 11.7. The second kappa shape index (κ2) is 5.45. The molecule has 0 aliphatic carbocycles. The van der Waals surface area contributed by atoms with Crippen LogP contribution in [0.5, 0.6) is 0 Å². The lowest BCUT2D eigenvalue weighted by Gasteiger charge is -2.09. The van der Waals surface area contributed by atoms with Crippen LogP contribution in [0.15, 0.2) is 12.1 Å². The number of thioether (sulfide) groups is 1. The number of benzene rings is 1. The summed E-state index contributed by atoms with van der Waals surface area (Å²) in [5.74, 6) is 0.163. The second-order valence-corrected chi connectivity index (χ2v) is 5.63. The zero-order chi connectivity index (χ0) is 13.3. The number of aromatic nitrogens is 2. The Kier molecular flexibility index (Phi) is 4.12. The summed E-state index contributed by atoms with van der Waals surface area (Å²) in [6, 6.07) is 2.14. The molecule has 0 aliphatic rings. The Morgan fingerprint density at radius 1 is 1.44 bits per heavy atom. The zero-order valence-electron chi connectivity index (χ0n) is 10.1. The highest BCUT2D eigenvalue weighted by atomic mass is 35.5. The van der Waals surface area contributed by atoms with E-state index in [4.69, 9.17) is 11.6 Å². The van der Waals surface area contributed by atoms with Gasteiger partial charge >= 0.3 is 0 Å². The number of halogens is 3. The van der Waals surface area contributed by atoms with Crippen molar-refractivity contribution in [3.63, 3.8) is 0 Å². The van der Waals surface area contributed by atoms with E-state index < -0.39 is 11.6 Å². The molecule has 0 bridgehead atoms. The molecule has 98 valence electrons. The van der Waals surface area contributed by atoms with E-state index in [0.29, 0.717) is 17.9 Å². The first-order valence-electron chi connectivity index (χ1n) is 5.52. The van der Waals surface area contributed by atoms with Crippen molar-refractivity contribution in [2.75, 3.05) is 12.0 Å². The standard InChI is InChI=1S/C12H13ClF2N2S/c1-7(13)12-16-11-9(15)5-8(14)6-10(11)17(12)3-4-18-2/h5-7H,3-4H2,1-2H3. The average Bonchev–Trinajstić information content (AvgIpc) is 2.65. The topological polar surface area (TPSA) is 17.8 Å². The van der Waals surface area contributed by atoms with Crippen LogP contribution in [-0.4, -0.2) is 21.6 Å². The summed E-state index contributed by atoms with van der Waals surface area (Å²) < 4.78 is 28.7. The molecule has 2 rings (SSSR count). The first kappa shape index (κ1) is 13.6. The lowest BCUT2D eigenvalue weighted by Crippen LogP contribution is -2.06. The van der Waals surface area contributed by atoms with E-state index in [0.717, 1.165) is 11.8 Å². The molecule has 1 atom stereocenters. The Bertz CT molecular complexity index is 569. The van der Waals surface area contributed by atoms with E-state index in [2.05, 4.69) is 4.98 Å². The fraction of sp³-hybridized carbons (Fsp3) is 0.417. The number of aryl methyl sites for hydroxylation is 1. The minimum absolute atomic E-state index is 0.181. The number of hydrogen-bond acceptors (Lipinski definition) is 2. The Hall–Kier alpha value is -0.810. The van der Waals surface area contributed by atoms with Crippen LogP contribution in [-0.2, 0) is 6.54 Å². The van der Waals surface area contributed by atoms with E-state index in [1.54, 1.807) is 23.3 Å². The maximum absolute atomic E-state index is 13.7. The van der Waals surface area contributed by atoms with Gasteiger partial charge in [-0.1, -0.05) is 0 Å². The summed E-state index contributed by atoms with van der Waals surface area (Å²) in [4.78, 5) is 4.19. The number of rotatable bonds is 4. The molecule has 6 heteroatoms. The van der Waals surface area contributed by atoms with Crippen molar-refractivity contribution in [2.24, 2.45) is 0 Å². The Labute approximate surface area is 113 Å². The summed E-state index contributed by atoms with van der Waals surface area (Å²) in [7, 11) is 0. The van der Waals surface area contributed by atoms with Crippen molar-refractivity contribution in [2.45, 2.75) is 18.8 Å². The highest BCUT2D eigenvalue weighted by Crippen LogP contribution is 2.27. The molecule has 18 heavy (non-hydrogen) atoms. The largest absolute Gasteiger partial charge is 0.326 e. The molecule has 0 saturated carbocycles. The Morgan fingerprint density at radius 3 is 2.78 bits per heavy atom. The molecule has 0 fully saturated rings. The van der Waals surface area contributed by atoms with Crippen LogP contribution in [0.3, 0.4) is 0 Å². The minimum atomic E-state index is -0.647. The average molecular weight is 291 g/mol. The molecule has 0 spiro atoms. The van der Waals surface area contributed by atoms with Crippen LogP contribution < -0.4 is 0 Å². The molecule has 1 aromatic heterocycles. The van der Waals surface area contributed by atoms with Gasteiger partial charge < -0.3 is 4.57 Å². The summed E-state index contributed by atoms with van der Waals surface area (Å²) in [6.07, 6.45) is 1.98. The van der Waals surface area contributed by atoms with Gasteiger partial charge in [0.1, 0.15) is 17.2 Å². The van der Waals surface area contributed by atoms with Crippen LogP contribution >= 0.6 is 23.4 Å². The Balaban J connectivity index is 2.64. The predicted molar refractivity (Wildman–Crippen MR) is 72.3 cm³/mol. The van der Waals surface area contributed by atoms with Gasteiger partial charge in [0.2, 0.25) is 0 Å². The molecule has 2 aromatic rings. The van der Waals surface area contributed by atoms with Crippen LogP contribution in [0.25, 0.3) is 11.0 Å². The minimum Gasteiger partial charge on any atom is -0.326 e. The van der Waals surface area contributed by atoms with Gasteiger partial charge in [0.15, 0.2) is 5.82 Å². The van der Waals surface area contributed by atoms with Gasteiger partial charge in [-0.3, -0.25) is 0 Å². The molecular weight excluding hydrogens is 278 g/mol. The van der Waals surface area contributed by atoms with Crippen LogP contribution in [0.1, 0.15) is 18.1 Å². The lowest BCUT2D eigenvalue weighted by atomic mass is 10.3. The van der Waals surface area contributed by atoms with E-state index in [1.165, 1.54) is 6.07 Å². The Morgan fingerprint density at radius 2 is 2.17 bits per heavy atom. The fourth-order valence-electron chi connectivity index (χ4n) is 1.89. The van der Waals surface area contributed by atoms with Crippen molar-refractivity contribution < 1.29 is 8.78 Å². The maximum atomic E-state index is 13.7. The van der Waals surface area contributed by atoms with Gasteiger partial charge in [-0.25, -0.2) is 13.8 Å². The molecule has 1 aromatic carbocycles. The summed E-state index contributed by atoms with van der Waals surface area (Å²) in [6.45, 7) is 2.40. The van der Waals surface area contributed by atoms with Gasteiger partial charge in [0.05, 0.1) is 10.9 Å². The number of hydrogen-bond donors (Lipinski definition) is 0. The summed E-state index contributed by atoms with van der Waals surface area (Å²) in [5.41, 5.74) is 0.643. The molecular formula is C12H13ClF2N2S. The van der Waals surface area contributed by atoms with E-state index in [1.807, 2.05) is 6.26 Å². The number of imidazole rings is 1. The van der Waals surface area contributed by atoms with Crippen molar-refractivity contribution in [1.29, 1.82) is 0 Å². The molecule has 1 unspecified atom stereocenters. The number of fused-ring (bicyclic) bond motifs is 1. The summed E-state index contributed by atoms with van der Waals surface area (Å²) >= 11 is 7.70. The number of alkyl halides is 1. The fourth-order valence-corrected chi connectivity index (χ4v) is 2.42. The third-order valence-electron chi connectivity index (χ3n) is 2.68. The molecule has 0 amide bonds. The second-order valence-electron chi connectivity index (χ2n) is 3.99. The van der Waals surface area contributed by atoms with Crippen LogP contribution in [0.2, 0.25) is 0 Å². The SMILES string of the molecule is CSCCn1c(C(C)Cl)nc2c(F)cc(F)cc21. The monoisotopic (exact) mass is 290 g/mol. The molecule has 0 N–H and O–H groups in total.